The Balaban J connectivity index is 2.02. The molecule has 0 radical (unpaired) electrons. The molecular formula is C21H23F3N2O3. The van der Waals surface area contributed by atoms with E-state index in [0.717, 1.165) is 0 Å². The quantitative estimate of drug-likeness (QED) is 0.721. The van der Waals surface area contributed by atoms with E-state index in [1.54, 1.807) is 37.3 Å². The van der Waals surface area contributed by atoms with Crippen molar-refractivity contribution in [1.82, 2.24) is 10.6 Å². The average Bonchev–Trinajstić information content (AvgIpc) is 2.65. The first-order valence-corrected chi connectivity index (χ1v) is 9.09. The van der Waals surface area contributed by atoms with Crippen molar-refractivity contribution in [1.29, 1.82) is 0 Å². The molecule has 0 spiro atoms. The molecule has 0 aliphatic heterocycles. The van der Waals surface area contributed by atoms with Gasteiger partial charge in [-0.3, -0.25) is 9.59 Å². The Kier molecular flexibility index (Phi) is 7.25. The number of halogens is 3. The molecule has 0 bridgehead atoms. The lowest BCUT2D eigenvalue weighted by Gasteiger charge is -2.24. The summed E-state index contributed by atoms with van der Waals surface area (Å²) in [5.74, 6) is -1.25. The molecule has 0 fully saturated rings. The van der Waals surface area contributed by atoms with E-state index in [4.69, 9.17) is 0 Å². The highest BCUT2D eigenvalue weighted by Gasteiger charge is 2.31. The minimum absolute atomic E-state index is 0.169. The third-order valence-electron chi connectivity index (χ3n) is 4.24. The normalized spacial score (nSPS) is 13.5. The zero-order valence-electron chi connectivity index (χ0n) is 16.3. The third kappa shape index (κ3) is 6.81. The van der Waals surface area contributed by atoms with Gasteiger partial charge in [0.25, 0.3) is 5.91 Å². The van der Waals surface area contributed by atoms with Gasteiger partial charge in [0.05, 0.1) is 6.04 Å². The number of amides is 2. The van der Waals surface area contributed by atoms with Crippen LogP contribution in [0.5, 0.6) is 5.75 Å². The SMILES string of the molecule is CC(NC(=O)C(NC(=O)c1ccccc1)C(C)C)c1ccc(OC(F)(F)F)cc1. The van der Waals surface area contributed by atoms with Gasteiger partial charge in [-0.05, 0) is 42.7 Å². The van der Waals surface area contributed by atoms with Crippen LogP contribution in [0.3, 0.4) is 0 Å². The molecule has 0 aliphatic carbocycles. The van der Waals surface area contributed by atoms with Gasteiger partial charge in [0.1, 0.15) is 11.8 Å². The van der Waals surface area contributed by atoms with Gasteiger partial charge >= 0.3 is 6.36 Å². The Bertz CT molecular complexity index is 821. The number of nitrogens with one attached hydrogen (secondary N) is 2. The van der Waals surface area contributed by atoms with Crippen molar-refractivity contribution in [2.45, 2.75) is 39.2 Å². The Hall–Kier alpha value is -3.03. The van der Waals surface area contributed by atoms with Crippen LogP contribution in [0, 0.1) is 5.92 Å². The highest BCUT2D eigenvalue weighted by atomic mass is 19.4. The monoisotopic (exact) mass is 408 g/mol. The zero-order valence-corrected chi connectivity index (χ0v) is 16.3. The summed E-state index contributed by atoms with van der Waals surface area (Å²) in [6.45, 7) is 5.32. The van der Waals surface area contributed by atoms with Crippen molar-refractivity contribution in [2.75, 3.05) is 0 Å². The Labute approximate surface area is 167 Å². The average molecular weight is 408 g/mol. The van der Waals surface area contributed by atoms with Crippen LogP contribution in [0.25, 0.3) is 0 Å². The second-order valence-electron chi connectivity index (χ2n) is 6.91. The molecule has 2 rings (SSSR count). The first-order chi connectivity index (χ1) is 13.6. The van der Waals surface area contributed by atoms with E-state index < -0.39 is 18.4 Å². The van der Waals surface area contributed by atoms with Gasteiger partial charge < -0.3 is 15.4 Å². The predicted molar refractivity (Wildman–Crippen MR) is 102 cm³/mol. The van der Waals surface area contributed by atoms with E-state index in [-0.39, 0.29) is 23.5 Å². The van der Waals surface area contributed by atoms with E-state index >= 15 is 0 Å². The molecule has 0 aromatic heterocycles. The van der Waals surface area contributed by atoms with Crippen molar-refractivity contribution in [3.8, 4) is 5.75 Å². The molecule has 2 aromatic carbocycles. The molecule has 2 amide bonds. The van der Waals surface area contributed by atoms with E-state index in [9.17, 15) is 22.8 Å². The summed E-state index contributed by atoms with van der Waals surface area (Å²) in [5.41, 5.74) is 1.05. The topological polar surface area (TPSA) is 67.4 Å². The fraction of sp³-hybridized carbons (Fsp3) is 0.333. The molecule has 2 unspecified atom stereocenters. The highest BCUT2D eigenvalue weighted by Crippen LogP contribution is 2.24. The molecule has 0 aliphatic rings. The lowest BCUT2D eigenvalue weighted by molar-refractivity contribution is -0.274. The molecular weight excluding hydrogens is 385 g/mol. The highest BCUT2D eigenvalue weighted by molar-refractivity contribution is 5.97. The van der Waals surface area contributed by atoms with E-state index in [1.165, 1.54) is 24.3 Å². The van der Waals surface area contributed by atoms with Crippen LogP contribution < -0.4 is 15.4 Å². The molecule has 0 saturated carbocycles. The van der Waals surface area contributed by atoms with Crippen LogP contribution in [-0.2, 0) is 4.79 Å². The fourth-order valence-electron chi connectivity index (χ4n) is 2.69. The van der Waals surface area contributed by atoms with E-state index in [1.807, 2.05) is 13.8 Å². The van der Waals surface area contributed by atoms with Gasteiger partial charge in [-0.15, -0.1) is 13.2 Å². The molecule has 8 heteroatoms. The van der Waals surface area contributed by atoms with Crippen molar-refractivity contribution in [3.63, 3.8) is 0 Å². The van der Waals surface area contributed by atoms with Gasteiger partial charge in [-0.1, -0.05) is 44.2 Å². The Morgan fingerprint density at radius 1 is 0.897 bits per heavy atom. The molecule has 2 atom stereocenters. The largest absolute Gasteiger partial charge is 0.573 e. The number of benzene rings is 2. The summed E-state index contributed by atoms with van der Waals surface area (Å²) >= 11 is 0. The number of hydrogen-bond acceptors (Lipinski definition) is 3. The van der Waals surface area contributed by atoms with Crippen LogP contribution in [0.1, 0.15) is 42.7 Å². The standard InChI is InChI=1S/C21H23F3N2O3/c1-13(2)18(26-19(27)16-7-5-4-6-8-16)20(28)25-14(3)15-9-11-17(12-10-15)29-21(22,23)24/h4-14,18H,1-3H3,(H,25,28)(H,26,27). The van der Waals surface area contributed by atoms with Crippen molar-refractivity contribution >= 4 is 11.8 Å². The van der Waals surface area contributed by atoms with E-state index in [2.05, 4.69) is 15.4 Å². The Morgan fingerprint density at radius 2 is 1.48 bits per heavy atom. The smallest absolute Gasteiger partial charge is 0.406 e. The molecule has 2 aromatic rings. The second kappa shape index (κ2) is 9.45. The molecule has 2 N–H and O–H groups in total. The molecule has 0 heterocycles. The van der Waals surface area contributed by atoms with Crippen LogP contribution in [0.2, 0.25) is 0 Å². The molecule has 0 saturated heterocycles. The number of hydrogen-bond donors (Lipinski definition) is 2. The lowest BCUT2D eigenvalue weighted by atomic mass is 10.0. The maximum absolute atomic E-state index is 12.7. The first kappa shape index (κ1) is 22.3. The van der Waals surface area contributed by atoms with Gasteiger partial charge in [-0.2, -0.15) is 0 Å². The van der Waals surface area contributed by atoms with Crippen molar-refractivity contribution in [2.24, 2.45) is 5.92 Å². The summed E-state index contributed by atoms with van der Waals surface area (Å²) in [7, 11) is 0. The fourth-order valence-corrected chi connectivity index (χ4v) is 2.69. The maximum Gasteiger partial charge on any atom is 0.573 e. The lowest BCUT2D eigenvalue weighted by Crippen LogP contribution is -2.50. The van der Waals surface area contributed by atoms with E-state index in [0.29, 0.717) is 11.1 Å². The molecule has 156 valence electrons. The van der Waals surface area contributed by atoms with Crippen LogP contribution in [0.15, 0.2) is 54.6 Å². The number of carbonyl (C=O) groups is 2. The predicted octanol–water partition coefficient (Wildman–Crippen LogP) is 4.22. The van der Waals surface area contributed by atoms with Crippen LogP contribution >= 0.6 is 0 Å². The number of rotatable bonds is 7. The van der Waals surface area contributed by atoms with Gasteiger partial charge in [-0.25, -0.2) is 0 Å². The molecule has 5 nitrogen and oxygen atoms in total. The van der Waals surface area contributed by atoms with Crippen LogP contribution in [-0.4, -0.2) is 24.2 Å². The minimum atomic E-state index is -4.76. The summed E-state index contributed by atoms with van der Waals surface area (Å²) in [4.78, 5) is 25.1. The van der Waals surface area contributed by atoms with Crippen molar-refractivity contribution in [3.05, 3.63) is 65.7 Å². The number of alkyl halides is 3. The summed E-state index contributed by atoms with van der Waals surface area (Å²) in [5, 5.41) is 5.51. The summed E-state index contributed by atoms with van der Waals surface area (Å²) in [6.07, 6.45) is -4.76. The molecule has 29 heavy (non-hydrogen) atoms. The van der Waals surface area contributed by atoms with Crippen molar-refractivity contribution < 1.29 is 27.5 Å². The summed E-state index contributed by atoms with van der Waals surface area (Å²) in [6, 6.07) is 12.6. The number of ether oxygens (including phenoxy) is 1. The van der Waals surface area contributed by atoms with Gasteiger partial charge in [0.15, 0.2) is 0 Å². The third-order valence-corrected chi connectivity index (χ3v) is 4.24. The van der Waals surface area contributed by atoms with Gasteiger partial charge in [0.2, 0.25) is 5.91 Å². The second-order valence-corrected chi connectivity index (χ2v) is 6.91. The number of carbonyl (C=O) groups excluding carboxylic acids is 2. The Morgan fingerprint density at radius 3 is 2.00 bits per heavy atom. The van der Waals surface area contributed by atoms with Crippen LogP contribution in [0.4, 0.5) is 13.2 Å². The minimum Gasteiger partial charge on any atom is -0.406 e. The zero-order chi connectivity index (χ0) is 21.6. The summed E-state index contributed by atoms with van der Waals surface area (Å²) < 4.78 is 40.6. The van der Waals surface area contributed by atoms with Gasteiger partial charge in [0, 0.05) is 5.56 Å². The maximum atomic E-state index is 12.7. The first-order valence-electron chi connectivity index (χ1n) is 9.09.